The van der Waals surface area contributed by atoms with Crippen molar-refractivity contribution in [2.24, 2.45) is 0 Å². The molecule has 0 spiro atoms. The van der Waals surface area contributed by atoms with Crippen LogP contribution in [0.5, 0.6) is 0 Å². The second-order valence-corrected chi connectivity index (χ2v) is 4.30. The maximum absolute atomic E-state index is 3.48. The summed E-state index contributed by atoms with van der Waals surface area (Å²) in [6.45, 7) is 4.32. The number of aromatic amines is 1. The summed E-state index contributed by atoms with van der Waals surface area (Å²) < 4.78 is 0. The Morgan fingerprint density at radius 1 is 1.29 bits per heavy atom. The first kappa shape index (κ1) is 7.92. The molecule has 72 valence electrons. The number of aryl methyl sites for hydroxylation is 1. The van der Waals surface area contributed by atoms with E-state index in [9.17, 15) is 0 Å². The molecule has 0 saturated carbocycles. The predicted molar refractivity (Wildman–Crippen MR) is 59.8 cm³/mol. The minimum absolute atomic E-state index is 0.581. The molecule has 0 aliphatic carbocycles. The van der Waals surface area contributed by atoms with E-state index in [4.69, 9.17) is 0 Å². The molecule has 14 heavy (non-hydrogen) atoms. The van der Waals surface area contributed by atoms with E-state index >= 15 is 0 Å². The Kier molecular flexibility index (Phi) is 1.43. The molecule has 1 unspecified atom stereocenters. The zero-order valence-corrected chi connectivity index (χ0v) is 8.52. The van der Waals surface area contributed by atoms with Crippen LogP contribution in [0.4, 0.5) is 5.69 Å². The van der Waals surface area contributed by atoms with E-state index in [-0.39, 0.29) is 0 Å². The zero-order chi connectivity index (χ0) is 9.71. The average molecular weight is 186 g/mol. The number of H-pyrrole nitrogens is 1. The minimum Gasteiger partial charge on any atom is -0.382 e. The summed E-state index contributed by atoms with van der Waals surface area (Å²) in [6.07, 6.45) is 1.15. The number of benzene rings is 1. The highest BCUT2D eigenvalue weighted by atomic mass is 14.9. The van der Waals surface area contributed by atoms with Crippen LogP contribution in [0, 0.1) is 6.92 Å². The molecular weight excluding hydrogens is 172 g/mol. The number of hydrogen-bond acceptors (Lipinski definition) is 1. The van der Waals surface area contributed by atoms with Crippen molar-refractivity contribution < 1.29 is 0 Å². The highest BCUT2D eigenvalue weighted by Gasteiger charge is 2.17. The molecule has 1 aliphatic heterocycles. The summed E-state index contributed by atoms with van der Waals surface area (Å²) in [5.74, 6) is 0. The standard InChI is InChI=1S/C12H14N2/c1-7-3-9-5-10-4-8(2)14-12(10)6-11(9)13-7/h3,5-6,8,13-14H,4H2,1-2H3. The van der Waals surface area contributed by atoms with Crippen LogP contribution in [0.3, 0.4) is 0 Å². The van der Waals surface area contributed by atoms with Gasteiger partial charge in [-0.15, -0.1) is 0 Å². The SMILES string of the molecule is Cc1cc2cc3c(cc2[nH]1)NC(C)C3. The third kappa shape index (κ3) is 1.03. The molecule has 0 bridgehead atoms. The summed E-state index contributed by atoms with van der Waals surface area (Å²) in [7, 11) is 0. The monoisotopic (exact) mass is 186 g/mol. The van der Waals surface area contributed by atoms with Crippen LogP contribution in [0.25, 0.3) is 10.9 Å². The van der Waals surface area contributed by atoms with Crippen molar-refractivity contribution in [3.63, 3.8) is 0 Å². The molecule has 0 amide bonds. The lowest BCUT2D eigenvalue weighted by Crippen LogP contribution is -2.08. The fourth-order valence-electron chi connectivity index (χ4n) is 2.32. The van der Waals surface area contributed by atoms with Gasteiger partial charge in [0.05, 0.1) is 0 Å². The van der Waals surface area contributed by atoms with Gasteiger partial charge in [0.15, 0.2) is 0 Å². The van der Waals surface area contributed by atoms with Crippen molar-refractivity contribution in [2.75, 3.05) is 5.32 Å². The zero-order valence-electron chi connectivity index (χ0n) is 8.52. The van der Waals surface area contributed by atoms with Crippen molar-refractivity contribution in [1.29, 1.82) is 0 Å². The van der Waals surface area contributed by atoms with Crippen molar-refractivity contribution in [2.45, 2.75) is 26.3 Å². The van der Waals surface area contributed by atoms with Gasteiger partial charge in [0.2, 0.25) is 0 Å². The van der Waals surface area contributed by atoms with E-state index in [0.29, 0.717) is 6.04 Å². The highest BCUT2D eigenvalue weighted by molar-refractivity contribution is 5.86. The van der Waals surface area contributed by atoms with Crippen molar-refractivity contribution in [1.82, 2.24) is 4.98 Å². The maximum atomic E-state index is 3.48. The Bertz CT molecular complexity index is 453. The van der Waals surface area contributed by atoms with Gasteiger partial charge in [-0.2, -0.15) is 0 Å². The summed E-state index contributed by atoms with van der Waals surface area (Å²) in [6, 6.07) is 7.31. The average Bonchev–Trinajstić information content (AvgIpc) is 2.59. The molecule has 2 aromatic rings. The first-order valence-corrected chi connectivity index (χ1v) is 5.11. The van der Waals surface area contributed by atoms with Crippen LogP contribution >= 0.6 is 0 Å². The van der Waals surface area contributed by atoms with Crippen molar-refractivity contribution in [3.8, 4) is 0 Å². The first-order valence-electron chi connectivity index (χ1n) is 5.11. The minimum atomic E-state index is 0.581. The van der Waals surface area contributed by atoms with Gasteiger partial charge < -0.3 is 10.3 Å². The Morgan fingerprint density at radius 3 is 3.00 bits per heavy atom. The maximum Gasteiger partial charge on any atom is 0.0476 e. The van der Waals surface area contributed by atoms with Crippen LogP contribution in [0.1, 0.15) is 18.2 Å². The summed E-state index contributed by atoms with van der Waals surface area (Å²) >= 11 is 0. The lowest BCUT2D eigenvalue weighted by Gasteiger charge is -2.01. The Morgan fingerprint density at radius 2 is 2.14 bits per heavy atom. The largest absolute Gasteiger partial charge is 0.382 e. The van der Waals surface area contributed by atoms with Crippen LogP contribution in [0.2, 0.25) is 0 Å². The van der Waals surface area contributed by atoms with E-state index in [1.54, 1.807) is 0 Å². The molecular formula is C12H14N2. The predicted octanol–water partition coefficient (Wildman–Crippen LogP) is 2.83. The van der Waals surface area contributed by atoms with Gasteiger partial charge in [0, 0.05) is 28.3 Å². The fraction of sp³-hybridized carbons (Fsp3) is 0.333. The Hall–Kier alpha value is -1.44. The van der Waals surface area contributed by atoms with E-state index in [1.165, 1.54) is 27.8 Å². The number of rotatable bonds is 0. The van der Waals surface area contributed by atoms with Gasteiger partial charge >= 0.3 is 0 Å². The van der Waals surface area contributed by atoms with E-state index in [2.05, 4.69) is 42.3 Å². The molecule has 1 aliphatic rings. The normalized spacial score (nSPS) is 19.7. The quantitative estimate of drug-likeness (QED) is 0.650. The number of nitrogens with one attached hydrogen (secondary N) is 2. The van der Waals surface area contributed by atoms with Gasteiger partial charge in [-0.3, -0.25) is 0 Å². The van der Waals surface area contributed by atoms with Gasteiger partial charge in [-0.05, 0) is 44.0 Å². The number of fused-ring (bicyclic) bond motifs is 2. The van der Waals surface area contributed by atoms with Crippen LogP contribution in [-0.2, 0) is 6.42 Å². The Labute approximate surface area is 83.3 Å². The van der Waals surface area contributed by atoms with Crippen molar-refractivity contribution in [3.05, 3.63) is 29.5 Å². The van der Waals surface area contributed by atoms with Gasteiger partial charge in [0.1, 0.15) is 0 Å². The molecule has 3 rings (SSSR count). The van der Waals surface area contributed by atoms with Crippen molar-refractivity contribution >= 4 is 16.6 Å². The Balaban J connectivity index is 2.25. The van der Waals surface area contributed by atoms with E-state index in [0.717, 1.165) is 6.42 Å². The molecule has 1 aromatic carbocycles. The number of anilines is 1. The van der Waals surface area contributed by atoms with E-state index in [1.807, 2.05) is 0 Å². The third-order valence-corrected chi connectivity index (χ3v) is 2.91. The second kappa shape index (κ2) is 2.53. The third-order valence-electron chi connectivity index (χ3n) is 2.91. The molecule has 2 nitrogen and oxygen atoms in total. The molecule has 2 heterocycles. The lowest BCUT2D eigenvalue weighted by atomic mass is 10.1. The summed E-state index contributed by atoms with van der Waals surface area (Å²) in [5.41, 5.74) is 5.22. The van der Waals surface area contributed by atoms with E-state index < -0.39 is 0 Å². The number of aromatic nitrogens is 1. The lowest BCUT2D eigenvalue weighted by molar-refractivity contribution is 0.839. The summed E-state index contributed by atoms with van der Waals surface area (Å²) in [4.78, 5) is 3.36. The van der Waals surface area contributed by atoms with Gasteiger partial charge in [-0.1, -0.05) is 0 Å². The highest BCUT2D eigenvalue weighted by Crippen LogP contribution is 2.30. The summed E-state index contributed by atoms with van der Waals surface area (Å²) in [5, 5.41) is 4.81. The molecule has 1 atom stereocenters. The second-order valence-electron chi connectivity index (χ2n) is 4.30. The van der Waals surface area contributed by atoms with Crippen LogP contribution in [0.15, 0.2) is 18.2 Å². The molecule has 0 radical (unpaired) electrons. The first-order chi connectivity index (χ1) is 6.72. The molecule has 1 aromatic heterocycles. The van der Waals surface area contributed by atoms with Gasteiger partial charge in [0.25, 0.3) is 0 Å². The topological polar surface area (TPSA) is 27.8 Å². The van der Waals surface area contributed by atoms with Gasteiger partial charge in [-0.25, -0.2) is 0 Å². The number of hydrogen-bond donors (Lipinski definition) is 2. The molecule has 0 saturated heterocycles. The fourth-order valence-corrected chi connectivity index (χ4v) is 2.32. The van der Waals surface area contributed by atoms with Crippen LogP contribution in [-0.4, -0.2) is 11.0 Å². The smallest absolute Gasteiger partial charge is 0.0476 e. The van der Waals surface area contributed by atoms with Crippen LogP contribution < -0.4 is 5.32 Å². The molecule has 2 heteroatoms. The molecule has 2 N–H and O–H groups in total. The molecule has 0 fully saturated rings.